The molecule has 0 aromatic carbocycles. The molecule has 0 aliphatic carbocycles. The van der Waals surface area contributed by atoms with E-state index < -0.39 is 0 Å². The quantitative estimate of drug-likeness (QED) is 0.853. The van der Waals surface area contributed by atoms with Gasteiger partial charge in [0.05, 0.1) is 0 Å². The summed E-state index contributed by atoms with van der Waals surface area (Å²) in [5, 5.41) is 3.25. The Morgan fingerprint density at radius 1 is 1.05 bits per heavy atom. The molecule has 0 atom stereocenters. The van der Waals surface area contributed by atoms with E-state index in [0.29, 0.717) is 5.54 Å². The molecule has 4 heterocycles. The van der Waals surface area contributed by atoms with Gasteiger partial charge >= 0.3 is 0 Å². The fourth-order valence-electron chi connectivity index (χ4n) is 3.38. The molecule has 0 amide bonds. The van der Waals surface area contributed by atoms with E-state index in [1.165, 1.54) is 24.4 Å². The van der Waals surface area contributed by atoms with Crippen LogP contribution in [-0.2, 0) is 0 Å². The number of rotatable bonds is 2. The van der Waals surface area contributed by atoms with Crippen molar-refractivity contribution in [3.05, 3.63) is 29.5 Å². The number of hydrogen-bond acceptors (Lipinski definition) is 6. The molecule has 0 saturated carbocycles. The van der Waals surface area contributed by atoms with E-state index in [1.54, 1.807) is 11.3 Å². The number of nitrogens with zero attached hydrogens (tertiary/aromatic N) is 5. The fraction of sp³-hybridized carbons (Fsp3) is 0.533. The van der Waals surface area contributed by atoms with Crippen molar-refractivity contribution >= 4 is 22.4 Å². The van der Waals surface area contributed by atoms with E-state index in [-0.39, 0.29) is 0 Å². The maximum absolute atomic E-state index is 4.48. The Hall–Kier alpha value is -1.69. The lowest BCUT2D eigenvalue weighted by molar-refractivity contribution is 0.218. The molecule has 2 aromatic rings. The molecule has 110 valence electrons. The zero-order chi connectivity index (χ0) is 14.3. The molecule has 0 unspecified atom stereocenters. The highest BCUT2D eigenvalue weighted by atomic mass is 32.1. The predicted molar refractivity (Wildman–Crippen MR) is 85.0 cm³/mol. The predicted octanol–water partition coefficient (Wildman–Crippen LogP) is 2.49. The molecule has 21 heavy (non-hydrogen) atoms. The molecule has 1 spiro atoms. The van der Waals surface area contributed by atoms with E-state index in [9.17, 15) is 0 Å². The van der Waals surface area contributed by atoms with Crippen molar-refractivity contribution in [2.24, 2.45) is 0 Å². The first kappa shape index (κ1) is 13.0. The molecule has 2 fully saturated rings. The van der Waals surface area contributed by atoms with E-state index in [1.807, 2.05) is 25.5 Å². The average molecular weight is 301 g/mol. The van der Waals surface area contributed by atoms with Gasteiger partial charge < -0.3 is 9.80 Å². The second kappa shape index (κ2) is 4.94. The highest BCUT2D eigenvalue weighted by molar-refractivity contribution is 7.13. The highest BCUT2D eigenvalue weighted by Gasteiger charge is 2.47. The summed E-state index contributed by atoms with van der Waals surface area (Å²) in [6.07, 6.45) is 9.33. The molecule has 4 rings (SSSR count). The Morgan fingerprint density at radius 3 is 2.33 bits per heavy atom. The van der Waals surface area contributed by atoms with Gasteiger partial charge in [0.2, 0.25) is 5.95 Å². The molecular formula is C15H19N5S. The van der Waals surface area contributed by atoms with Gasteiger partial charge in [-0.15, -0.1) is 11.3 Å². The summed E-state index contributed by atoms with van der Waals surface area (Å²) in [5.41, 5.74) is 1.44. The van der Waals surface area contributed by atoms with Gasteiger partial charge in [0, 0.05) is 49.1 Å². The number of anilines is 2. The van der Waals surface area contributed by atoms with Gasteiger partial charge in [0.15, 0.2) is 5.13 Å². The van der Waals surface area contributed by atoms with Crippen molar-refractivity contribution < 1.29 is 0 Å². The largest absolute Gasteiger partial charge is 0.342 e. The van der Waals surface area contributed by atoms with Crippen LogP contribution in [0.5, 0.6) is 0 Å². The van der Waals surface area contributed by atoms with Gasteiger partial charge in [0.1, 0.15) is 0 Å². The van der Waals surface area contributed by atoms with E-state index >= 15 is 0 Å². The minimum atomic E-state index is 0.332. The first-order chi connectivity index (χ1) is 10.3. The Kier molecular flexibility index (Phi) is 3.06. The zero-order valence-corrected chi connectivity index (χ0v) is 13.0. The van der Waals surface area contributed by atoms with Crippen molar-refractivity contribution in [2.75, 3.05) is 29.4 Å². The van der Waals surface area contributed by atoms with Crippen molar-refractivity contribution in [3.8, 4) is 0 Å². The van der Waals surface area contributed by atoms with Crippen LogP contribution in [0.4, 0.5) is 11.1 Å². The van der Waals surface area contributed by atoms with E-state index in [4.69, 9.17) is 0 Å². The van der Waals surface area contributed by atoms with Crippen LogP contribution < -0.4 is 9.80 Å². The third-order valence-corrected chi connectivity index (χ3v) is 5.56. The molecule has 6 heteroatoms. The van der Waals surface area contributed by atoms with Gasteiger partial charge in [-0.05, 0) is 31.7 Å². The van der Waals surface area contributed by atoms with Crippen LogP contribution in [0.1, 0.15) is 24.8 Å². The third-order valence-electron chi connectivity index (χ3n) is 4.77. The third kappa shape index (κ3) is 2.18. The lowest BCUT2D eigenvalue weighted by Gasteiger charge is -2.56. The number of piperidine rings is 1. The maximum atomic E-state index is 4.48. The number of aryl methyl sites for hydroxylation is 1. The molecule has 0 radical (unpaired) electrons. The first-order valence-corrected chi connectivity index (χ1v) is 8.36. The van der Waals surface area contributed by atoms with Crippen LogP contribution >= 0.6 is 11.3 Å². The molecule has 0 bridgehead atoms. The Morgan fingerprint density at radius 2 is 1.76 bits per heavy atom. The summed E-state index contributed by atoms with van der Waals surface area (Å²) in [6, 6.07) is 0. The van der Waals surface area contributed by atoms with Crippen LogP contribution in [0.25, 0.3) is 0 Å². The van der Waals surface area contributed by atoms with Crippen LogP contribution in [0.15, 0.2) is 24.0 Å². The summed E-state index contributed by atoms with van der Waals surface area (Å²) in [6.45, 7) is 5.24. The van der Waals surface area contributed by atoms with Crippen molar-refractivity contribution in [1.29, 1.82) is 0 Å². The van der Waals surface area contributed by atoms with Crippen molar-refractivity contribution in [1.82, 2.24) is 15.0 Å². The zero-order valence-electron chi connectivity index (χ0n) is 12.2. The van der Waals surface area contributed by atoms with Crippen LogP contribution in [0.3, 0.4) is 0 Å². The lowest BCUT2D eigenvalue weighted by atomic mass is 9.77. The molecule has 2 saturated heterocycles. The van der Waals surface area contributed by atoms with Crippen LogP contribution in [0.2, 0.25) is 0 Å². The Labute approximate surface area is 128 Å². The van der Waals surface area contributed by atoms with Gasteiger partial charge in [-0.2, -0.15) is 0 Å². The molecule has 2 aromatic heterocycles. The Balaban J connectivity index is 1.46. The van der Waals surface area contributed by atoms with Gasteiger partial charge in [-0.1, -0.05) is 0 Å². The molecule has 2 aliphatic rings. The van der Waals surface area contributed by atoms with Gasteiger partial charge in [0.25, 0.3) is 0 Å². The SMILES string of the molecule is Cc1cnc(N2CCC3(CC2)CCN3c2nccs2)nc1. The van der Waals surface area contributed by atoms with Crippen LogP contribution in [-0.4, -0.2) is 40.1 Å². The summed E-state index contributed by atoms with van der Waals surface area (Å²) >= 11 is 1.75. The minimum absolute atomic E-state index is 0.332. The lowest BCUT2D eigenvalue weighted by Crippen LogP contribution is -2.64. The van der Waals surface area contributed by atoms with Gasteiger partial charge in [-0.25, -0.2) is 15.0 Å². The van der Waals surface area contributed by atoms with Crippen molar-refractivity contribution in [3.63, 3.8) is 0 Å². The van der Waals surface area contributed by atoms with E-state index in [0.717, 1.165) is 31.1 Å². The Bertz CT molecular complexity index is 602. The molecule has 5 nitrogen and oxygen atoms in total. The summed E-state index contributed by atoms with van der Waals surface area (Å²) < 4.78 is 0. The first-order valence-electron chi connectivity index (χ1n) is 7.48. The van der Waals surface area contributed by atoms with Gasteiger partial charge in [-0.3, -0.25) is 0 Å². The highest BCUT2D eigenvalue weighted by Crippen LogP contribution is 2.43. The fourth-order valence-corrected chi connectivity index (χ4v) is 4.16. The normalized spacial score (nSPS) is 20.6. The second-order valence-electron chi connectivity index (χ2n) is 5.99. The number of aromatic nitrogens is 3. The molecule has 2 aliphatic heterocycles. The number of hydrogen-bond donors (Lipinski definition) is 0. The average Bonchev–Trinajstić information content (AvgIpc) is 3.01. The molecule has 0 N–H and O–H groups in total. The molecular weight excluding hydrogens is 282 g/mol. The standard InChI is InChI=1S/C15H19N5S/c1-12-10-17-13(18-11-12)19-6-2-15(3-7-19)4-8-20(15)14-16-5-9-21-14/h5,9-11H,2-4,6-8H2,1H3. The van der Waals surface area contributed by atoms with Crippen molar-refractivity contribution in [2.45, 2.75) is 31.7 Å². The van der Waals surface area contributed by atoms with E-state index in [2.05, 4.69) is 30.1 Å². The summed E-state index contributed by atoms with van der Waals surface area (Å²) in [7, 11) is 0. The summed E-state index contributed by atoms with van der Waals surface area (Å²) in [4.78, 5) is 18.2. The monoisotopic (exact) mass is 301 g/mol. The summed E-state index contributed by atoms with van der Waals surface area (Å²) in [5.74, 6) is 0.871. The van der Waals surface area contributed by atoms with Crippen LogP contribution in [0, 0.1) is 6.92 Å². The maximum Gasteiger partial charge on any atom is 0.225 e. The number of thiazole rings is 1. The minimum Gasteiger partial charge on any atom is -0.342 e. The second-order valence-corrected chi connectivity index (χ2v) is 6.86. The smallest absolute Gasteiger partial charge is 0.225 e. The topological polar surface area (TPSA) is 45.2 Å².